The number of ketones is 1. The van der Waals surface area contributed by atoms with E-state index >= 15 is 0 Å². The van der Waals surface area contributed by atoms with Crippen LogP contribution in [0.3, 0.4) is 0 Å². The van der Waals surface area contributed by atoms with Crippen LogP contribution >= 0.6 is 23.2 Å². The highest BCUT2D eigenvalue weighted by Gasteiger charge is 2.53. The molecule has 2 aliphatic rings. The molecule has 1 aliphatic heterocycles. The summed E-state index contributed by atoms with van der Waals surface area (Å²) in [4.78, 5) is 25.3. The van der Waals surface area contributed by atoms with Crippen LogP contribution in [0.15, 0.2) is 12.1 Å². The van der Waals surface area contributed by atoms with Crippen molar-refractivity contribution in [2.75, 3.05) is 0 Å². The van der Waals surface area contributed by atoms with Crippen molar-refractivity contribution >= 4 is 34.9 Å². The molecule has 1 spiro atoms. The first-order valence-electron chi connectivity index (χ1n) is 7.26. The van der Waals surface area contributed by atoms with E-state index in [2.05, 4.69) is 5.32 Å². The van der Waals surface area contributed by atoms with Gasteiger partial charge in [-0.1, -0.05) is 42.5 Å². The third-order valence-electron chi connectivity index (χ3n) is 4.66. The van der Waals surface area contributed by atoms with E-state index in [1.807, 2.05) is 6.92 Å². The SMILES string of the molecule is Cc1cc(Cl)cc(Cl)c1C1C(=O)NC2(CCCCC2)C1=O. The molecule has 21 heavy (non-hydrogen) atoms. The molecule has 112 valence electrons. The number of carbonyl (C=O) groups excluding carboxylic acids is 2. The van der Waals surface area contributed by atoms with Crippen molar-refractivity contribution < 1.29 is 9.59 Å². The van der Waals surface area contributed by atoms with Gasteiger partial charge in [0.1, 0.15) is 5.92 Å². The molecular formula is C16H17Cl2NO2. The second-order valence-corrected chi connectivity index (χ2v) is 6.89. The molecule has 1 amide bonds. The monoisotopic (exact) mass is 325 g/mol. The summed E-state index contributed by atoms with van der Waals surface area (Å²) in [7, 11) is 0. The van der Waals surface area contributed by atoms with Crippen molar-refractivity contribution in [2.45, 2.75) is 50.5 Å². The largest absolute Gasteiger partial charge is 0.343 e. The number of amides is 1. The van der Waals surface area contributed by atoms with Crippen molar-refractivity contribution in [2.24, 2.45) is 0 Å². The predicted octanol–water partition coefficient (Wildman–Crippen LogP) is 3.79. The minimum atomic E-state index is -0.798. The van der Waals surface area contributed by atoms with Crippen LogP contribution in [0.2, 0.25) is 10.0 Å². The van der Waals surface area contributed by atoms with Crippen molar-refractivity contribution in [3.63, 3.8) is 0 Å². The summed E-state index contributed by atoms with van der Waals surface area (Å²) in [5, 5.41) is 3.86. The van der Waals surface area contributed by atoms with Crippen LogP contribution in [0.1, 0.15) is 49.1 Å². The Labute approximate surface area is 134 Å². The van der Waals surface area contributed by atoms with Crippen molar-refractivity contribution in [3.05, 3.63) is 33.3 Å². The van der Waals surface area contributed by atoms with Gasteiger partial charge in [-0.15, -0.1) is 0 Å². The van der Waals surface area contributed by atoms with Crippen LogP contribution < -0.4 is 5.32 Å². The van der Waals surface area contributed by atoms with E-state index < -0.39 is 11.5 Å². The Morgan fingerprint density at radius 2 is 1.81 bits per heavy atom. The molecule has 3 nitrogen and oxygen atoms in total. The van der Waals surface area contributed by atoms with Gasteiger partial charge in [0.25, 0.3) is 0 Å². The zero-order valence-corrected chi connectivity index (χ0v) is 13.4. The number of Topliss-reactive ketones (excluding diaryl/α,β-unsaturated/α-hetero) is 1. The third kappa shape index (κ3) is 2.36. The molecule has 1 saturated heterocycles. The second-order valence-electron chi connectivity index (χ2n) is 6.05. The number of carbonyl (C=O) groups is 2. The number of nitrogens with one attached hydrogen (secondary N) is 1. The molecule has 3 rings (SSSR count). The van der Waals surface area contributed by atoms with Gasteiger partial charge < -0.3 is 5.32 Å². The topological polar surface area (TPSA) is 46.2 Å². The van der Waals surface area contributed by atoms with E-state index in [-0.39, 0.29) is 11.7 Å². The average Bonchev–Trinajstić information content (AvgIpc) is 2.63. The molecule has 1 saturated carbocycles. The van der Waals surface area contributed by atoms with E-state index in [1.54, 1.807) is 12.1 Å². The highest BCUT2D eigenvalue weighted by Crippen LogP contribution is 2.42. The fourth-order valence-electron chi connectivity index (χ4n) is 3.63. The van der Waals surface area contributed by atoms with Gasteiger partial charge in [-0.25, -0.2) is 0 Å². The minimum absolute atomic E-state index is 0.0282. The summed E-state index contributed by atoms with van der Waals surface area (Å²) < 4.78 is 0. The summed E-state index contributed by atoms with van der Waals surface area (Å²) in [5.41, 5.74) is 0.718. The van der Waals surface area contributed by atoms with Crippen LogP contribution in [0, 0.1) is 6.92 Å². The summed E-state index contributed by atoms with van der Waals surface area (Å²) in [5.74, 6) is -1.05. The Hall–Kier alpha value is -1.06. The highest BCUT2D eigenvalue weighted by atomic mass is 35.5. The molecule has 1 atom stereocenters. The molecule has 1 unspecified atom stereocenters. The first kappa shape index (κ1) is 14.9. The third-order valence-corrected chi connectivity index (χ3v) is 5.19. The van der Waals surface area contributed by atoms with Gasteiger partial charge in [0, 0.05) is 10.0 Å². The Bertz CT molecular complexity index is 598. The Morgan fingerprint density at radius 1 is 1.14 bits per heavy atom. The van der Waals surface area contributed by atoms with Gasteiger partial charge >= 0.3 is 0 Å². The standard InChI is InChI=1S/C16H17Cl2NO2/c1-9-7-10(17)8-11(18)12(9)13-14(20)16(19-15(13)21)5-3-2-4-6-16/h7-8,13H,2-6H2,1H3,(H,19,21). The first-order valence-corrected chi connectivity index (χ1v) is 8.02. The van der Waals surface area contributed by atoms with Crippen LogP contribution in [-0.4, -0.2) is 17.2 Å². The Morgan fingerprint density at radius 3 is 2.43 bits per heavy atom. The molecule has 0 radical (unpaired) electrons. The van der Waals surface area contributed by atoms with Crippen LogP contribution in [-0.2, 0) is 9.59 Å². The number of halogens is 2. The first-order chi connectivity index (χ1) is 9.94. The molecule has 1 aromatic carbocycles. The molecule has 0 aromatic heterocycles. The van der Waals surface area contributed by atoms with E-state index in [0.29, 0.717) is 15.6 Å². The lowest BCUT2D eigenvalue weighted by atomic mass is 9.76. The number of benzene rings is 1. The maximum absolute atomic E-state index is 12.9. The predicted molar refractivity (Wildman–Crippen MR) is 82.9 cm³/mol. The molecule has 0 bridgehead atoms. The van der Waals surface area contributed by atoms with Crippen molar-refractivity contribution in [3.8, 4) is 0 Å². The van der Waals surface area contributed by atoms with Gasteiger partial charge in [-0.05, 0) is 43.0 Å². The molecule has 1 aliphatic carbocycles. The van der Waals surface area contributed by atoms with Gasteiger partial charge in [-0.3, -0.25) is 9.59 Å². The van der Waals surface area contributed by atoms with Crippen molar-refractivity contribution in [1.82, 2.24) is 5.32 Å². The van der Waals surface area contributed by atoms with Gasteiger partial charge in [-0.2, -0.15) is 0 Å². The molecule has 1 N–H and O–H groups in total. The summed E-state index contributed by atoms with van der Waals surface area (Å²) in [6, 6.07) is 3.34. The van der Waals surface area contributed by atoms with Crippen LogP contribution in [0.4, 0.5) is 0 Å². The summed E-state index contributed by atoms with van der Waals surface area (Å²) in [6.07, 6.45) is 4.55. The second kappa shape index (κ2) is 5.29. The lowest BCUT2D eigenvalue weighted by molar-refractivity contribution is -0.125. The molecular weight excluding hydrogens is 309 g/mol. The van der Waals surface area contributed by atoms with Crippen molar-refractivity contribution in [1.29, 1.82) is 0 Å². The van der Waals surface area contributed by atoms with E-state index in [1.165, 1.54) is 0 Å². The van der Waals surface area contributed by atoms with Gasteiger partial charge in [0.05, 0.1) is 5.54 Å². The lowest BCUT2D eigenvalue weighted by Gasteiger charge is -2.31. The lowest BCUT2D eigenvalue weighted by Crippen LogP contribution is -2.47. The number of rotatable bonds is 1. The fraction of sp³-hybridized carbons (Fsp3) is 0.500. The molecule has 5 heteroatoms. The average molecular weight is 326 g/mol. The minimum Gasteiger partial charge on any atom is -0.343 e. The number of hydrogen-bond acceptors (Lipinski definition) is 2. The zero-order chi connectivity index (χ0) is 15.2. The van der Waals surface area contributed by atoms with E-state index in [4.69, 9.17) is 23.2 Å². The molecule has 1 heterocycles. The maximum atomic E-state index is 12.9. The number of aryl methyl sites for hydroxylation is 1. The van der Waals surface area contributed by atoms with E-state index in [9.17, 15) is 9.59 Å². The van der Waals surface area contributed by atoms with Gasteiger partial charge in [0.2, 0.25) is 5.91 Å². The van der Waals surface area contributed by atoms with Gasteiger partial charge in [0.15, 0.2) is 5.78 Å². The molecule has 2 fully saturated rings. The quantitative estimate of drug-likeness (QED) is 0.798. The van der Waals surface area contributed by atoms with E-state index in [0.717, 1.165) is 37.7 Å². The molecule has 1 aromatic rings. The Kier molecular flexibility index (Phi) is 3.74. The zero-order valence-electron chi connectivity index (χ0n) is 11.8. The summed E-state index contributed by atoms with van der Waals surface area (Å²) >= 11 is 12.2. The summed E-state index contributed by atoms with van der Waals surface area (Å²) in [6.45, 7) is 1.83. The smallest absolute Gasteiger partial charge is 0.236 e. The Balaban J connectivity index is 2.04. The fourth-order valence-corrected chi connectivity index (χ4v) is 4.34. The van der Waals surface area contributed by atoms with Crippen LogP contribution in [0.5, 0.6) is 0 Å². The number of hydrogen-bond donors (Lipinski definition) is 1. The highest BCUT2D eigenvalue weighted by molar-refractivity contribution is 6.36. The van der Waals surface area contributed by atoms with Crippen LogP contribution in [0.25, 0.3) is 0 Å². The normalized spacial score (nSPS) is 24.4. The maximum Gasteiger partial charge on any atom is 0.236 e.